The van der Waals surface area contributed by atoms with E-state index in [-0.39, 0.29) is 11.3 Å². The van der Waals surface area contributed by atoms with E-state index in [2.05, 4.69) is 0 Å². The van der Waals surface area contributed by atoms with E-state index < -0.39 is 39.8 Å². The molecule has 0 aromatic heterocycles. The van der Waals surface area contributed by atoms with Crippen molar-refractivity contribution in [3.8, 4) is 11.5 Å². The van der Waals surface area contributed by atoms with E-state index in [9.17, 15) is 29.6 Å². The normalized spacial score (nSPS) is 15.5. The maximum atomic E-state index is 12.7. The molecule has 0 atom stereocenters. The second kappa shape index (κ2) is 7.19. The number of amides is 4. The minimum atomic E-state index is -0.950. The molecule has 1 aliphatic rings. The van der Waals surface area contributed by atoms with Crippen molar-refractivity contribution in [3.63, 3.8) is 0 Å². The van der Waals surface area contributed by atoms with E-state index in [1.807, 2.05) is 5.32 Å². The number of nitrogens with one attached hydrogen (secondary N) is 1. The van der Waals surface area contributed by atoms with Gasteiger partial charge in [-0.05, 0) is 41.7 Å². The molecule has 28 heavy (non-hydrogen) atoms. The van der Waals surface area contributed by atoms with Crippen LogP contribution in [0.4, 0.5) is 16.2 Å². The number of anilines is 1. The summed E-state index contributed by atoms with van der Waals surface area (Å²) in [5.41, 5.74) is -0.819. The lowest BCUT2D eigenvalue weighted by Gasteiger charge is -2.26. The number of benzene rings is 2. The highest BCUT2D eigenvalue weighted by Crippen LogP contribution is 2.27. The second-order valence-corrected chi connectivity index (χ2v) is 5.64. The zero-order chi connectivity index (χ0) is 20.4. The first-order chi connectivity index (χ1) is 13.3. The van der Waals surface area contributed by atoms with Crippen molar-refractivity contribution in [1.29, 1.82) is 0 Å². The van der Waals surface area contributed by atoms with Crippen LogP contribution in [0.15, 0.2) is 48.0 Å². The third-order valence-corrected chi connectivity index (χ3v) is 3.92. The molecular formula is C18H12N3O7-. The number of methoxy groups -OCH3 is 1. The molecule has 4 amide bonds. The van der Waals surface area contributed by atoms with Gasteiger partial charge in [0.2, 0.25) is 0 Å². The van der Waals surface area contributed by atoms with Gasteiger partial charge in [0.1, 0.15) is 11.3 Å². The Morgan fingerprint density at radius 1 is 1.11 bits per heavy atom. The third-order valence-electron chi connectivity index (χ3n) is 3.92. The van der Waals surface area contributed by atoms with E-state index in [4.69, 9.17) is 4.74 Å². The van der Waals surface area contributed by atoms with Crippen molar-refractivity contribution in [1.82, 2.24) is 5.32 Å². The first kappa shape index (κ1) is 18.6. The molecule has 2 aromatic rings. The lowest BCUT2D eigenvalue weighted by atomic mass is 10.1. The fraction of sp³-hybridized carbons (Fsp3) is 0.0556. The number of carbonyl (C=O) groups is 3. The zero-order valence-electron chi connectivity index (χ0n) is 14.4. The summed E-state index contributed by atoms with van der Waals surface area (Å²) in [5.74, 6) is -2.16. The number of hydrogen-bond acceptors (Lipinski definition) is 7. The molecule has 142 valence electrons. The van der Waals surface area contributed by atoms with E-state index >= 15 is 0 Å². The number of ether oxygens (including phenoxy) is 1. The van der Waals surface area contributed by atoms with Gasteiger partial charge in [-0.15, -0.1) is 0 Å². The smallest absolute Gasteiger partial charge is 0.335 e. The van der Waals surface area contributed by atoms with Gasteiger partial charge in [0.15, 0.2) is 0 Å². The molecule has 1 saturated heterocycles. The highest BCUT2D eigenvalue weighted by atomic mass is 16.6. The third kappa shape index (κ3) is 3.38. The first-order valence-electron chi connectivity index (χ1n) is 7.83. The van der Waals surface area contributed by atoms with Gasteiger partial charge >= 0.3 is 6.03 Å². The Morgan fingerprint density at radius 2 is 1.79 bits per heavy atom. The van der Waals surface area contributed by atoms with Crippen molar-refractivity contribution in [3.05, 3.63) is 63.7 Å². The number of nitro benzene ring substituents is 1. The Bertz CT molecular complexity index is 1030. The molecule has 0 unspecified atom stereocenters. The molecule has 1 aliphatic heterocycles. The Balaban J connectivity index is 2.01. The van der Waals surface area contributed by atoms with Crippen LogP contribution in [0.2, 0.25) is 0 Å². The lowest BCUT2D eigenvalue weighted by molar-refractivity contribution is -0.398. The molecule has 10 nitrogen and oxygen atoms in total. The molecule has 0 radical (unpaired) electrons. The number of imide groups is 2. The molecular weight excluding hydrogens is 370 g/mol. The summed E-state index contributed by atoms with van der Waals surface area (Å²) in [6.45, 7) is 0. The summed E-state index contributed by atoms with van der Waals surface area (Å²) >= 11 is 0. The monoisotopic (exact) mass is 382 g/mol. The maximum Gasteiger partial charge on any atom is 0.335 e. The van der Waals surface area contributed by atoms with Gasteiger partial charge in [-0.2, -0.15) is 0 Å². The van der Waals surface area contributed by atoms with Gasteiger partial charge in [-0.25, -0.2) is 9.69 Å². The summed E-state index contributed by atoms with van der Waals surface area (Å²) in [4.78, 5) is 47.8. The van der Waals surface area contributed by atoms with Gasteiger partial charge < -0.3 is 9.84 Å². The van der Waals surface area contributed by atoms with Crippen LogP contribution in [0.25, 0.3) is 6.08 Å². The molecule has 1 fully saturated rings. The Morgan fingerprint density at radius 3 is 2.39 bits per heavy atom. The summed E-state index contributed by atoms with van der Waals surface area (Å²) < 4.78 is 5.02. The van der Waals surface area contributed by atoms with Crippen molar-refractivity contribution in [2.45, 2.75) is 0 Å². The molecule has 2 aromatic carbocycles. The van der Waals surface area contributed by atoms with Gasteiger partial charge in [-0.3, -0.25) is 25.0 Å². The van der Waals surface area contributed by atoms with Crippen LogP contribution in [0.5, 0.6) is 11.5 Å². The molecule has 0 spiro atoms. The van der Waals surface area contributed by atoms with Crippen molar-refractivity contribution < 1.29 is 29.2 Å². The minimum absolute atomic E-state index is 0.0915. The fourth-order valence-corrected chi connectivity index (χ4v) is 2.56. The number of hydrogen-bond donors (Lipinski definition) is 1. The minimum Gasteiger partial charge on any atom is -0.868 e. The Labute approximate surface area is 157 Å². The number of nitrogens with zero attached hydrogens (tertiary/aromatic N) is 2. The van der Waals surface area contributed by atoms with Gasteiger partial charge in [0.05, 0.1) is 17.7 Å². The SMILES string of the molecule is COc1ccc(N2C(=O)NC(=O)/C(=C\c3ccc([O-])c([N+](=O)[O-])c3)C2=O)cc1. The molecule has 0 saturated carbocycles. The van der Waals surface area contributed by atoms with Crippen LogP contribution in [-0.2, 0) is 9.59 Å². The maximum absolute atomic E-state index is 12.7. The summed E-state index contributed by atoms with van der Waals surface area (Å²) in [5, 5.41) is 24.4. The van der Waals surface area contributed by atoms with Crippen LogP contribution in [0, 0.1) is 10.1 Å². The second-order valence-electron chi connectivity index (χ2n) is 5.64. The Hall–Kier alpha value is -4.21. The van der Waals surface area contributed by atoms with Crippen LogP contribution in [0.3, 0.4) is 0 Å². The Kier molecular flexibility index (Phi) is 4.77. The van der Waals surface area contributed by atoms with Gasteiger partial charge in [0, 0.05) is 6.07 Å². The number of urea groups is 1. The van der Waals surface area contributed by atoms with Crippen molar-refractivity contribution >= 4 is 35.3 Å². The van der Waals surface area contributed by atoms with E-state index in [1.54, 1.807) is 0 Å². The average molecular weight is 382 g/mol. The number of barbiturate groups is 1. The molecule has 10 heteroatoms. The summed E-state index contributed by atoms with van der Waals surface area (Å²) in [7, 11) is 1.46. The topological polar surface area (TPSA) is 142 Å². The van der Waals surface area contributed by atoms with Gasteiger partial charge in [-0.1, -0.05) is 12.1 Å². The molecule has 0 aliphatic carbocycles. The van der Waals surface area contributed by atoms with Crippen LogP contribution >= 0.6 is 0 Å². The van der Waals surface area contributed by atoms with E-state index in [0.717, 1.165) is 23.1 Å². The zero-order valence-corrected chi connectivity index (χ0v) is 14.4. The molecule has 1 heterocycles. The highest BCUT2D eigenvalue weighted by molar-refractivity contribution is 6.39. The predicted octanol–water partition coefficient (Wildman–Crippen LogP) is 1.34. The van der Waals surface area contributed by atoms with Crippen LogP contribution < -0.4 is 20.1 Å². The van der Waals surface area contributed by atoms with Crippen LogP contribution in [0.1, 0.15) is 5.56 Å². The summed E-state index contributed by atoms with van der Waals surface area (Å²) in [6, 6.07) is 8.20. The number of rotatable bonds is 4. The number of carbonyl (C=O) groups excluding carboxylic acids is 3. The average Bonchev–Trinajstić information content (AvgIpc) is 2.66. The first-order valence-corrected chi connectivity index (χ1v) is 7.83. The largest absolute Gasteiger partial charge is 0.868 e. The number of nitro groups is 1. The lowest BCUT2D eigenvalue weighted by Crippen LogP contribution is -2.54. The van der Waals surface area contributed by atoms with Crippen molar-refractivity contribution in [2.75, 3.05) is 12.0 Å². The fourth-order valence-electron chi connectivity index (χ4n) is 2.56. The summed E-state index contributed by atoms with van der Waals surface area (Å²) in [6.07, 6.45) is 1.08. The van der Waals surface area contributed by atoms with E-state index in [0.29, 0.717) is 5.75 Å². The van der Waals surface area contributed by atoms with Gasteiger partial charge in [0.25, 0.3) is 17.5 Å². The molecule has 1 N–H and O–H groups in total. The molecule has 3 rings (SSSR count). The predicted molar refractivity (Wildman–Crippen MR) is 94.5 cm³/mol. The van der Waals surface area contributed by atoms with Crippen molar-refractivity contribution in [2.24, 2.45) is 0 Å². The quantitative estimate of drug-likeness (QED) is 0.364. The van der Waals surface area contributed by atoms with E-state index in [1.165, 1.54) is 37.4 Å². The highest BCUT2D eigenvalue weighted by Gasteiger charge is 2.36. The van der Waals surface area contributed by atoms with Crippen LogP contribution in [-0.4, -0.2) is 29.9 Å². The molecule has 0 bridgehead atoms. The standard InChI is InChI=1S/C18H13N3O7/c1-28-12-5-3-11(4-6-12)20-17(24)13(16(23)19-18(20)25)8-10-2-7-15(22)14(9-10)21(26)27/h2-9,22H,1H3,(H,19,23,25)/p-1/b13-8+.